The van der Waals surface area contributed by atoms with Crippen molar-refractivity contribution in [2.45, 2.75) is 62.6 Å². The molecule has 6 rings (SSSR count). The Kier molecular flexibility index (Phi) is 14.6. The van der Waals surface area contributed by atoms with Crippen LogP contribution in [0.5, 0.6) is 5.75 Å². The molecule has 326 valence electrons. The first-order valence-corrected chi connectivity index (χ1v) is 21.3. The summed E-state index contributed by atoms with van der Waals surface area (Å²) in [7, 11) is 0.122. The van der Waals surface area contributed by atoms with Gasteiger partial charge in [0.25, 0.3) is 0 Å². The minimum Gasteiger partial charge on any atom is -0.485 e. The fraction of sp³-hybridized carbons (Fsp3) is 0.326. The second-order valence-corrected chi connectivity index (χ2v) is 16.6. The SMILES string of the molecule is CNc1cc(N2CCN(Cc3cccc(S(=O)c4ccc(Nc5nc6c(OC(C)C)c(/C(C=N)=C/N)ncn6n5)c(F)c4)c3)C(C(C)C)C2)ccc1C(N)=NC(=O)CCNC=O. The largest absolute Gasteiger partial charge is 0.485 e. The zero-order valence-corrected chi connectivity index (χ0v) is 36.1. The van der Waals surface area contributed by atoms with Crippen molar-refractivity contribution in [1.29, 1.82) is 5.41 Å². The molecule has 2 atom stereocenters. The van der Waals surface area contributed by atoms with Crippen LogP contribution in [-0.4, -0.2) is 98.4 Å². The minimum absolute atomic E-state index is 0.0489. The van der Waals surface area contributed by atoms with Crippen LogP contribution >= 0.6 is 0 Å². The number of piperazine rings is 1. The molecule has 2 unspecified atom stereocenters. The van der Waals surface area contributed by atoms with Gasteiger partial charge in [0.15, 0.2) is 5.75 Å². The minimum atomic E-state index is -1.67. The Morgan fingerprint density at radius 3 is 2.58 bits per heavy atom. The molecular weight excluding hydrogens is 814 g/mol. The van der Waals surface area contributed by atoms with Gasteiger partial charge in [-0.3, -0.25) is 14.5 Å². The Hall–Kier alpha value is -6.73. The Morgan fingerprint density at radius 2 is 1.89 bits per heavy atom. The number of rotatable bonds is 18. The molecule has 3 heterocycles. The molecule has 0 saturated carbocycles. The van der Waals surface area contributed by atoms with Crippen molar-refractivity contribution in [3.63, 3.8) is 0 Å². The highest BCUT2D eigenvalue weighted by molar-refractivity contribution is 7.85. The molecule has 3 aromatic carbocycles. The number of aromatic nitrogens is 4. The molecule has 1 saturated heterocycles. The third kappa shape index (κ3) is 10.4. The van der Waals surface area contributed by atoms with Crippen LogP contribution in [0.2, 0.25) is 0 Å². The molecule has 0 bridgehead atoms. The number of aliphatic imine (C=N–C) groups is 1. The quantitative estimate of drug-likeness (QED) is 0.0305. The van der Waals surface area contributed by atoms with Gasteiger partial charge in [-0.1, -0.05) is 26.0 Å². The van der Waals surface area contributed by atoms with Gasteiger partial charge < -0.3 is 42.5 Å². The summed E-state index contributed by atoms with van der Waals surface area (Å²) in [6.45, 7) is 11.2. The number of ether oxygens (including phenoxy) is 1. The maximum atomic E-state index is 15.6. The third-order valence-electron chi connectivity index (χ3n) is 10.2. The Balaban J connectivity index is 1.13. The van der Waals surface area contributed by atoms with Crippen molar-refractivity contribution in [3.05, 3.63) is 95.8 Å². The van der Waals surface area contributed by atoms with E-state index in [1.165, 1.54) is 29.2 Å². The van der Waals surface area contributed by atoms with E-state index in [0.29, 0.717) is 51.1 Å². The molecule has 1 aliphatic heterocycles. The molecule has 1 fully saturated rings. The number of fused-ring (bicyclic) bond motifs is 1. The molecule has 2 amide bonds. The Bertz CT molecular complexity index is 2520. The summed E-state index contributed by atoms with van der Waals surface area (Å²) in [6.07, 6.45) is 4.06. The average Bonchev–Trinajstić information content (AvgIpc) is 3.68. The van der Waals surface area contributed by atoms with Crippen molar-refractivity contribution in [2.75, 3.05) is 48.8 Å². The van der Waals surface area contributed by atoms with Gasteiger partial charge in [0, 0.05) is 97.0 Å². The van der Waals surface area contributed by atoms with E-state index in [4.69, 9.17) is 21.6 Å². The zero-order valence-electron chi connectivity index (χ0n) is 35.3. The summed E-state index contributed by atoms with van der Waals surface area (Å²) in [4.78, 5) is 41.3. The monoisotopic (exact) mass is 865 g/mol. The van der Waals surface area contributed by atoms with E-state index in [-0.39, 0.29) is 48.3 Å². The van der Waals surface area contributed by atoms with E-state index < -0.39 is 22.5 Å². The van der Waals surface area contributed by atoms with Crippen molar-refractivity contribution in [1.82, 2.24) is 29.8 Å². The molecule has 2 aromatic heterocycles. The summed E-state index contributed by atoms with van der Waals surface area (Å²) < 4.78 is 36.9. The van der Waals surface area contributed by atoms with E-state index in [0.717, 1.165) is 42.8 Å². The number of hydrogen-bond donors (Lipinski definition) is 6. The molecule has 0 aliphatic carbocycles. The number of nitrogens with one attached hydrogen (secondary N) is 4. The molecule has 8 N–H and O–H groups in total. The van der Waals surface area contributed by atoms with Crippen LogP contribution < -0.4 is 37.1 Å². The van der Waals surface area contributed by atoms with Crippen molar-refractivity contribution < 1.29 is 22.9 Å². The topological polar surface area (TPSA) is 234 Å². The fourth-order valence-electron chi connectivity index (χ4n) is 7.15. The number of halogens is 1. The van der Waals surface area contributed by atoms with Gasteiger partial charge in [-0.15, -0.1) is 5.10 Å². The van der Waals surface area contributed by atoms with Crippen molar-refractivity contribution in [2.24, 2.45) is 22.4 Å². The number of nitrogens with two attached hydrogens (primary N) is 2. The molecule has 0 spiro atoms. The first kappa shape index (κ1) is 44.8. The van der Waals surface area contributed by atoms with Crippen LogP contribution in [-0.2, 0) is 26.9 Å². The summed E-state index contributed by atoms with van der Waals surface area (Å²) in [6, 6.07) is 18.0. The van der Waals surface area contributed by atoms with Gasteiger partial charge >= 0.3 is 0 Å². The normalized spacial score (nSPS) is 15.5. The number of amidine groups is 1. The molecule has 5 aromatic rings. The number of benzene rings is 3. The van der Waals surface area contributed by atoms with Gasteiger partial charge in [-0.05, 0) is 73.9 Å². The summed E-state index contributed by atoms with van der Waals surface area (Å²) >= 11 is 0. The number of allylic oxidation sites excluding steroid dienone is 1. The maximum absolute atomic E-state index is 15.6. The highest BCUT2D eigenvalue weighted by atomic mass is 32.2. The van der Waals surface area contributed by atoms with Crippen LogP contribution in [0.3, 0.4) is 0 Å². The van der Waals surface area contributed by atoms with Gasteiger partial charge in [0.1, 0.15) is 23.7 Å². The Morgan fingerprint density at radius 1 is 1.10 bits per heavy atom. The average molecular weight is 866 g/mol. The third-order valence-corrected chi connectivity index (χ3v) is 11.6. The van der Waals surface area contributed by atoms with E-state index in [1.54, 1.807) is 19.2 Å². The summed E-state index contributed by atoms with van der Waals surface area (Å²) in [5.74, 6) is -0.284. The van der Waals surface area contributed by atoms with Crippen LogP contribution in [0.4, 0.5) is 27.4 Å². The lowest BCUT2D eigenvalue weighted by Gasteiger charge is -2.44. The predicted molar refractivity (Wildman–Crippen MR) is 240 cm³/mol. The highest BCUT2D eigenvalue weighted by Gasteiger charge is 2.30. The van der Waals surface area contributed by atoms with Crippen LogP contribution in [0, 0.1) is 17.1 Å². The number of anilines is 4. The van der Waals surface area contributed by atoms with Crippen molar-refractivity contribution in [3.8, 4) is 5.75 Å². The summed E-state index contributed by atoms with van der Waals surface area (Å²) in [5, 5.41) is 20.6. The highest BCUT2D eigenvalue weighted by Crippen LogP contribution is 2.32. The van der Waals surface area contributed by atoms with Gasteiger partial charge in [0.05, 0.1) is 22.6 Å². The number of amides is 2. The van der Waals surface area contributed by atoms with E-state index in [2.05, 4.69) is 59.7 Å². The molecule has 19 heteroatoms. The van der Waals surface area contributed by atoms with Crippen LogP contribution in [0.15, 0.2) is 88.0 Å². The lowest BCUT2D eigenvalue weighted by atomic mass is 9.98. The van der Waals surface area contributed by atoms with E-state index in [1.807, 2.05) is 50.2 Å². The molecule has 62 heavy (non-hydrogen) atoms. The smallest absolute Gasteiger partial charge is 0.249 e. The number of carbonyl (C=O) groups excluding carboxylic acids is 2. The number of hydrogen-bond acceptors (Lipinski definition) is 13. The summed E-state index contributed by atoms with van der Waals surface area (Å²) in [5.41, 5.74) is 16.3. The second-order valence-electron chi connectivity index (χ2n) is 15.2. The molecule has 17 nitrogen and oxygen atoms in total. The second kappa shape index (κ2) is 20.2. The van der Waals surface area contributed by atoms with Crippen molar-refractivity contribution >= 4 is 69.4 Å². The molecule has 0 radical (unpaired) electrons. The van der Waals surface area contributed by atoms with Gasteiger partial charge in [-0.2, -0.15) is 14.5 Å². The standard InChI is InChI=1S/C43H52FN13O4S/c1-26(2)37-23-55(30-9-11-33(36(18-30)48-5)41(47)52-38(59)13-14-49-25-58)15-16-56(37)22-28-7-6-8-31(17-28)62(60)32-10-12-35(34(44)19-32)51-43-53-42-40(61-27(3)4)39(29(20-45)21-46)50-24-57(42)54-43/h6-12,17-21,24-27,37,45,48H,13-16,22-23,46H2,1-5H3,(H,49,58)(H,51,54)(H2,47,52,59)/b29-21+,45-20?. The molecular formula is C43H52FN13O4S. The van der Waals surface area contributed by atoms with Gasteiger partial charge in [0.2, 0.25) is 23.9 Å². The lowest BCUT2D eigenvalue weighted by Crippen LogP contribution is -2.54. The predicted octanol–water partition coefficient (Wildman–Crippen LogP) is 4.67. The van der Waals surface area contributed by atoms with Gasteiger partial charge in [-0.25, -0.2) is 13.6 Å². The number of carbonyl (C=O) groups is 2. The zero-order chi connectivity index (χ0) is 44.5. The van der Waals surface area contributed by atoms with E-state index in [9.17, 15) is 13.8 Å². The van der Waals surface area contributed by atoms with E-state index >= 15 is 4.39 Å². The number of nitrogens with zero attached hydrogens (tertiary/aromatic N) is 7. The molecule has 1 aliphatic rings. The van der Waals surface area contributed by atoms with Crippen LogP contribution in [0.25, 0.3) is 11.2 Å². The first-order chi connectivity index (χ1) is 29.8. The Labute approximate surface area is 361 Å². The first-order valence-electron chi connectivity index (χ1n) is 20.1. The lowest BCUT2D eigenvalue weighted by molar-refractivity contribution is -0.117. The van der Waals surface area contributed by atoms with Crippen LogP contribution in [0.1, 0.15) is 50.9 Å². The maximum Gasteiger partial charge on any atom is 0.249 e. The fourth-order valence-corrected chi connectivity index (χ4v) is 8.29.